The molecule has 0 bridgehead atoms. The van der Waals surface area contributed by atoms with Gasteiger partial charge in [-0.15, -0.1) is 0 Å². The third-order valence-electron chi connectivity index (χ3n) is 9.17. The summed E-state index contributed by atoms with van der Waals surface area (Å²) in [6.45, 7) is 1.68. The molecule has 0 aliphatic carbocycles. The third-order valence-corrected chi connectivity index (χ3v) is 10.1. The Morgan fingerprint density at radius 3 is 1.54 bits per heavy atom. The molecule has 1 aliphatic heterocycles. The quantitative estimate of drug-likeness (QED) is 0.0873. The van der Waals surface area contributed by atoms with E-state index < -0.39 is 52.9 Å². The summed E-state index contributed by atoms with van der Waals surface area (Å²) in [6.07, 6.45) is 5.73. The molecule has 1 N–H and O–H groups in total. The van der Waals surface area contributed by atoms with Crippen LogP contribution >= 0.6 is 0 Å². The average molecular weight is 718 g/mol. The highest BCUT2D eigenvalue weighted by Gasteiger charge is 2.49. The summed E-state index contributed by atoms with van der Waals surface area (Å²) in [6, 6.07) is 26.0. The summed E-state index contributed by atoms with van der Waals surface area (Å²) >= 11 is 0. The number of amides is 1. The number of unbranched alkanes of at least 4 members (excludes halogenated alkanes) is 11. The van der Waals surface area contributed by atoms with Crippen molar-refractivity contribution in [2.45, 2.75) is 120 Å². The zero-order chi connectivity index (χ0) is 35.9. The van der Waals surface area contributed by atoms with Gasteiger partial charge in [-0.05, 0) is 23.1 Å². The van der Waals surface area contributed by atoms with Crippen molar-refractivity contribution >= 4 is 16.3 Å². The molecule has 0 spiro atoms. The van der Waals surface area contributed by atoms with Gasteiger partial charge in [-0.25, -0.2) is 8.37 Å². The first-order valence-corrected chi connectivity index (χ1v) is 19.2. The molecule has 7 nitrogen and oxygen atoms in total. The second-order valence-corrected chi connectivity index (χ2v) is 14.2. The lowest BCUT2D eigenvalue weighted by molar-refractivity contribution is -0.176. The Morgan fingerprint density at radius 2 is 1.12 bits per heavy atom. The normalized spacial score (nSPS) is 18.2. The minimum atomic E-state index is -5.23. The van der Waals surface area contributed by atoms with Crippen LogP contribution in [0.2, 0.25) is 0 Å². The fourth-order valence-electron chi connectivity index (χ4n) is 6.60. The minimum Gasteiger partial charge on any atom is -0.359 e. The first-order valence-electron chi connectivity index (χ1n) is 17.9. The molecule has 1 amide bonds. The number of nitrogens with one attached hydrogen (secondary N) is 1. The molecule has 3 aromatic rings. The van der Waals surface area contributed by atoms with Gasteiger partial charge >= 0.3 is 22.5 Å². The first-order chi connectivity index (χ1) is 24.1. The van der Waals surface area contributed by atoms with E-state index in [1.165, 1.54) is 44.9 Å². The van der Waals surface area contributed by atoms with E-state index in [9.17, 15) is 26.4 Å². The zero-order valence-corrected chi connectivity index (χ0v) is 29.6. The standard InChI is InChI=1S/C39H50F3NO6S/c1-2-3-4-5-6-7-8-9-10-11-12-22-29-35-36(49-50(45,46)48-35)34(43-37(44)39(40,41)42)30-47-38(31-23-16-13-17-24-31,32-25-18-14-19-26-32)33-27-20-15-21-28-33/h13-21,23-28,34-36H,2-12,22,29-30H2,1H3,(H,43,44)/t34-,35+,36-/m0/s1. The van der Waals surface area contributed by atoms with Gasteiger partial charge in [0.1, 0.15) is 17.8 Å². The Morgan fingerprint density at radius 1 is 0.700 bits per heavy atom. The lowest BCUT2D eigenvalue weighted by atomic mass is 9.80. The van der Waals surface area contributed by atoms with E-state index in [1.54, 1.807) is 0 Å². The van der Waals surface area contributed by atoms with Crippen molar-refractivity contribution in [3.05, 3.63) is 108 Å². The number of carbonyl (C=O) groups is 1. The monoisotopic (exact) mass is 717 g/mol. The molecular formula is C39H50F3NO6S. The highest BCUT2D eigenvalue weighted by Crippen LogP contribution is 2.41. The predicted molar refractivity (Wildman–Crippen MR) is 188 cm³/mol. The lowest BCUT2D eigenvalue weighted by Crippen LogP contribution is -2.54. The van der Waals surface area contributed by atoms with Gasteiger partial charge in [0.25, 0.3) is 0 Å². The minimum absolute atomic E-state index is 0.223. The maximum atomic E-state index is 13.6. The molecule has 1 saturated heterocycles. The van der Waals surface area contributed by atoms with E-state index in [-0.39, 0.29) is 6.42 Å². The average Bonchev–Trinajstić information content (AvgIpc) is 3.43. The van der Waals surface area contributed by atoms with Crippen LogP contribution in [0.25, 0.3) is 0 Å². The Hall–Kier alpha value is -3.25. The number of rotatable bonds is 21. The molecule has 1 heterocycles. The van der Waals surface area contributed by atoms with E-state index in [0.29, 0.717) is 23.1 Å². The van der Waals surface area contributed by atoms with Crippen molar-refractivity contribution in [3.63, 3.8) is 0 Å². The summed E-state index contributed by atoms with van der Waals surface area (Å²) in [5, 5.41) is 1.98. The first kappa shape index (κ1) is 39.5. The van der Waals surface area contributed by atoms with Gasteiger partial charge in [-0.3, -0.25) is 4.79 Å². The zero-order valence-electron chi connectivity index (χ0n) is 28.8. The predicted octanol–water partition coefficient (Wildman–Crippen LogP) is 9.16. The molecule has 1 fully saturated rings. The maximum absolute atomic E-state index is 13.6. The highest BCUT2D eigenvalue weighted by atomic mass is 32.3. The molecule has 0 unspecified atom stereocenters. The van der Waals surface area contributed by atoms with Crippen molar-refractivity contribution in [2.24, 2.45) is 0 Å². The largest absolute Gasteiger partial charge is 0.471 e. The van der Waals surface area contributed by atoms with Crippen LogP contribution < -0.4 is 5.32 Å². The number of alkyl halides is 3. The van der Waals surface area contributed by atoms with E-state index in [1.807, 2.05) is 96.3 Å². The smallest absolute Gasteiger partial charge is 0.359 e. The van der Waals surface area contributed by atoms with Gasteiger partial charge in [0, 0.05) is 0 Å². The Kier molecular flexibility index (Phi) is 15.3. The summed E-state index contributed by atoms with van der Waals surface area (Å²) in [5.74, 6) is -2.23. The van der Waals surface area contributed by atoms with Gasteiger partial charge in [-0.2, -0.15) is 21.6 Å². The Balaban J connectivity index is 1.52. The third kappa shape index (κ3) is 11.4. The molecule has 3 atom stereocenters. The van der Waals surface area contributed by atoms with E-state index in [2.05, 4.69) is 6.92 Å². The van der Waals surface area contributed by atoms with Gasteiger partial charge in [0.05, 0.1) is 12.6 Å². The maximum Gasteiger partial charge on any atom is 0.471 e. The number of halogens is 3. The van der Waals surface area contributed by atoms with Gasteiger partial charge in [-0.1, -0.05) is 175 Å². The molecule has 11 heteroatoms. The van der Waals surface area contributed by atoms with Crippen LogP contribution in [-0.4, -0.2) is 45.4 Å². The summed E-state index contributed by atoms with van der Waals surface area (Å²) < 4.78 is 83.3. The summed E-state index contributed by atoms with van der Waals surface area (Å²) in [5.41, 5.74) is 0.710. The second-order valence-electron chi connectivity index (χ2n) is 12.9. The molecule has 50 heavy (non-hydrogen) atoms. The fourth-order valence-corrected chi connectivity index (χ4v) is 7.69. The lowest BCUT2D eigenvalue weighted by Gasteiger charge is -2.38. The van der Waals surface area contributed by atoms with Crippen LogP contribution in [0.1, 0.15) is 107 Å². The van der Waals surface area contributed by atoms with Crippen LogP contribution in [-0.2, 0) is 33.9 Å². The number of benzene rings is 3. The number of hydrogen-bond donors (Lipinski definition) is 1. The SMILES string of the molecule is CCCCCCCCCCCCCC[C@H]1OS(=O)(=O)O[C@H]1[C@H](COC(c1ccccc1)(c1ccccc1)c1ccccc1)NC(=O)C(F)(F)F. The molecule has 0 aromatic heterocycles. The van der Waals surface area contributed by atoms with Crippen molar-refractivity contribution < 1.29 is 39.5 Å². The number of hydrogen-bond acceptors (Lipinski definition) is 6. The van der Waals surface area contributed by atoms with Crippen LogP contribution in [0.15, 0.2) is 91.0 Å². The van der Waals surface area contributed by atoms with Crippen molar-refractivity contribution in [3.8, 4) is 0 Å². The molecule has 0 saturated carbocycles. The van der Waals surface area contributed by atoms with Crippen molar-refractivity contribution in [2.75, 3.05) is 6.61 Å². The molecule has 0 radical (unpaired) electrons. The van der Waals surface area contributed by atoms with E-state index in [0.717, 1.165) is 25.7 Å². The molecule has 274 valence electrons. The van der Waals surface area contributed by atoms with Crippen LogP contribution in [0, 0.1) is 0 Å². The molecule has 4 rings (SSSR count). The van der Waals surface area contributed by atoms with Crippen molar-refractivity contribution in [1.82, 2.24) is 5.32 Å². The molecule has 3 aromatic carbocycles. The van der Waals surface area contributed by atoms with Crippen molar-refractivity contribution in [1.29, 1.82) is 0 Å². The Labute approximate surface area is 295 Å². The van der Waals surface area contributed by atoms with Gasteiger partial charge in [0.15, 0.2) is 0 Å². The number of ether oxygens (including phenoxy) is 1. The van der Waals surface area contributed by atoms with Crippen LogP contribution in [0.5, 0.6) is 0 Å². The second kappa shape index (κ2) is 19.4. The number of carbonyl (C=O) groups excluding carboxylic acids is 1. The Bertz CT molecular complexity index is 1430. The van der Waals surface area contributed by atoms with Gasteiger partial charge in [0.2, 0.25) is 0 Å². The fraction of sp³-hybridized carbons (Fsp3) is 0.513. The highest BCUT2D eigenvalue weighted by molar-refractivity contribution is 7.82. The van der Waals surface area contributed by atoms with E-state index >= 15 is 0 Å². The van der Waals surface area contributed by atoms with Crippen LogP contribution in [0.3, 0.4) is 0 Å². The van der Waals surface area contributed by atoms with Gasteiger partial charge < -0.3 is 10.1 Å². The summed E-state index contributed by atoms with van der Waals surface area (Å²) in [7, 11) is -4.53. The summed E-state index contributed by atoms with van der Waals surface area (Å²) in [4.78, 5) is 12.4. The molecular weight excluding hydrogens is 667 g/mol. The topological polar surface area (TPSA) is 90.9 Å². The molecule has 1 aliphatic rings. The van der Waals surface area contributed by atoms with E-state index in [4.69, 9.17) is 13.1 Å². The van der Waals surface area contributed by atoms with Crippen LogP contribution in [0.4, 0.5) is 13.2 Å².